The van der Waals surface area contributed by atoms with E-state index in [4.69, 9.17) is 4.74 Å². The van der Waals surface area contributed by atoms with Crippen molar-refractivity contribution in [2.45, 2.75) is 38.9 Å². The Hall–Kier alpha value is -0.320. The summed E-state index contributed by atoms with van der Waals surface area (Å²) in [4.78, 5) is 11.4. The Bertz CT molecular complexity index is 186. The van der Waals surface area contributed by atoms with Gasteiger partial charge in [-0.1, -0.05) is 13.8 Å². The van der Waals surface area contributed by atoms with Crippen molar-refractivity contribution < 1.29 is 18.3 Å². The second kappa shape index (κ2) is 7.91. The summed E-state index contributed by atoms with van der Waals surface area (Å²) >= 11 is 1.25. The first-order valence-corrected chi connectivity index (χ1v) is 6.10. The predicted octanol–water partition coefficient (Wildman–Crippen LogP) is 2.96. The molecule has 1 unspecified atom stereocenters. The molecule has 0 saturated carbocycles. The van der Waals surface area contributed by atoms with E-state index in [0.717, 1.165) is 0 Å². The minimum absolute atomic E-state index is 0.103. The monoisotopic (exact) mass is 240 g/mol. The summed E-state index contributed by atoms with van der Waals surface area (Å²) in [5, 5.41) is -0.330. The topological polar surface area (TPSA) is 26.3 Å². The van der Waals surface area contributed by atoms with Gasteiger partial charge >= 0.3 is 5.97 Å². The van der Waals surface area contributed by atoms with Gasteiger partial charge in [-0.3, -0.25) is 4.79 Å². The fraction of sp³-hybridized carbons (Fsp3) is 0.900. The normalized spacial score (nSPS) is 13.3. The minimum Gasteiger partial charge on any atom is -0.465 e. The molecule has 0 fully saturated rings. The van der Waals surface area contributed by atoms with E-state index in [2.05, 4.69) is 0 Å². The molecule has 1 atom stereocenters. The number of thioether (sulfide) groups is 1. The molecule has 0 aliphatic carbocycles. The van der Waals surface area contributed by atoms with Crippen LogP contribution in [0.4, 0.5) is 8.78 Å². The van der Waals surface area contributed by atoms with E-state index in [0.29, 0.717) is 12.4 Å². The van der Waals surface area contributed by atoms with E-state index in [1.807, 2.05) is 13.8 Å². The van der Waals surface area contributed by atoms with Crippen LogP contribution in [0.1, 0.15) is 27.2 Å². The second-order valence-corrected chi connectivity index (χ2v) is 4.72. The van der Waals surface area contributed by atoms with Gasteiger partial charge in [0.2, 0.25) is 6.43 Å². The number of alkyl halides is 2. The highest BCUT2D eigenvalue weighted by Crippen LogP contribution is 2.22. The molecule has 0 bridgehead atoms. The summed E-state index contributed by atoms with van der Waals surface area (Å²) in [5.74, 6) is 0.0952. The Morgan fingerprint density at radius 3 is 2.40 bits per heavy atom. The molecular weight excluding hydrogens is 222 g/mol. The molecule has 0 radical (unpaired) electrons. The lowest BCUT2D eigenvalue weighted by Gasteiger charge is -2.18. The summed E-state index contributed by atoms with van der Waals surface area (Å²) in [6, 6.07) is 0. The van der Waals surface area contributed by atoms with Crippen molar-refractivity contribution in [2.75, 3.05) is 12.4 Å². The Balaban J connectivity index is 3.99. The number of carbonyl (C=O) groups excluding carboxylic acids is 1. The highest BCUT2D eigenvalue weighted by molar-refractivity contribution is 8.00. The SMILES string of the molecule is CCOC(=O)C(SCCC(F)F)C(C)C. The third-order valence-electron chi connectivity index (χ3n) is 1.76. The van der Waals surface area contributed by atoms with E-state index in [-0.39, 0.29) is 23.6 Å². The number of halogens is 2. The molecule has 0 rings (SSSR count). The first-order valence-electron chi connectivity index (χ1n) is 5.05. The average Bonchev–Trinajstić information content (AvgIpc) is 2.11. The summed E-state index contributed by atoms with van der Waals surface area (Å²) in [5.41, 5.74) is 0. The minimum atomic E-state index is -2.30. The van der Waals surface area contributed by atoms with Gasteiger partial charge in [0.1, 0.15) is 5.25 Å². The van der Waals surface area contributed by atoms with Gasteiger partial charge in [0.25, 0.3) is 0 Å². The van der Waals surface area contributed by atoms with Gasteiger partial charge in [0.15, 0.2) is 0 Å². The quantitative estimate of drug-likeness (QED) is 0.640. The zero-order valence-corrected chi connectivity index (χ0v) is 10.2. The number of esters is 1. The fourth-order valence-corrected chi connectivity index (χ4v) is 2.20. The molecule has 0 amide bonds. The van der Waals surface area contributed by atoms with Gasteiger partial charge in [-0.15, -0.1) is 11.8 Å². The first kappa shape index (κ1) is 14.7. The van der Waals surface area contributed by atoms with Crippen LogP contribution in [0.15, 0.2) is 0 Å². The summed E-state index contributed by atoms with van der Waals surface area (Å²) in [6.07, 6.45) is -2.47. The number of hydrogen-bond acceptors (Lipinski definition) is 3. The van der Waals surface area contributed by atoms with Gasteiger partial charge in [-0.05, 0) is 18.6 Å². The average molecular weight is 240 g/mol. The Morgan fingerprint density at radius 2 is 2.00 bits per heavy atom. The van der Waals surface area contributed by atoms with Crippen molar-refractivity contribution in [1.82, 2.24) is 0 Å². The van der Waals surface area contributed by atoms with Crippen molar-refractivity contribution in [3.63, 3.8) is 0 Å². The van der Waals surface area contributed by atoms with Crippen molar-refractivity contribution in [1.29, 1.82) is 0 Å². The standard InChI is InChI=1S/C10H18F2O2S/c1-4-14-10(13)9(7(2)3)15-6-5-8(11)12/h7-9H,4-6H2,1-3H3. The molecular formula is C10H18F2O2S. The van der Waals surface area contributed by atoms with Crippen LogP contribution in [0.5, 0.6) is 0 Å². The summed E-state index contributed by atoms with van der Waals surface area (Å²) in [6.45, 7) is 5.84. The maximum Gasteiger partial charge on any atom is 0.319 e. The van der Waals surface area contributed by atoms with Crippen molar-refractivity contribution in [3.8, 4) is 0 Å². The lowest BCUT2D eigenvalue weighted by atomic mass is 10.1. The van der Waals surface area contributed by atoms with Crippen molar-refractivity contribution >= 4 is 17.7 Å². The van der Waals surface area contributed by atoms with Gasteiger partial charge in [0, 0.05) is 6.42 Å². The van der Waals surface area contributed by atoms with Crippen LogP contribution >= 0.6 is 11.8 Å². The zero-order chi connectivity index (χ0) is 11.8. The molecule has 0 N–H and O–H groups in total. The van der Waals surface area contributed by atoms with Crippen LogP contribution in [0.25, 0.3) is 0 Å². The zero-order valence-electron chi connectivity index (χ0n) is 9.33. The highest BCUT2D eigenvalue weighted by atomic mass is 32.2. The van der Waals surface area contributed by atoms with Gasteiger partial charge < -0.3 is 4.74 Å². The molecule has 0 aromatic rings. The van der Waals surface area contributed by atoms with Crippen molar-refractivity contribution in [3.05, 3.63) is 0 Å². The molecule has 5 heteroatoms. The van der Waals surface area contributed by atoms with Crippen LogP contribution in [-0.4, -0.2) is 30.0 Å². The Morgan fingerprint density at radius 1 is 1.40 bits per heavy atom. The number of ether oxygens (including phenoxy) is 1. The Labute approximate surface area is 93.8 Å². The molecule has 2 nitrogen and oxygen atoms in total. The van der Waals surface area contributed by atoms with E-state index >= 15 is 0 Å². The van der Waals surface area contributed by atoms with Crippen LogP contribution in [0, 0.1) is 5.92 Å². The smallest absolute Gasteiger partial charge is 0.319 e. The Kier molecular flexibility index (Phi) is 7.74. The number of rotatable bonds is 7. The maximum absolute atomic E-state index is 11.9. The van der Waals surface area contributed by atoms with Gasteiger partial charge in [0.05, 0.1) is 6.61 Å². The largest absolute Gasteiger partial charge is 0.465 e. The predicted molar refractivity (Wildman–Crippen MR) is 58.3 cm³/mol. The van der Waals surface area contributed by atoms with E-state index < -0.39 is 6.43 Å². The molecule has 0 aromatic carbocycles. The molecule has 0 spiro atoms. The summed E-state index contributed by atoms with van der Waals surface area (Å²) < 4.78 is 28.7. The number of hydrogen-bond donors (Lipinski definition) is 0. The van der Waals surface area contributed by atoms with Crippen molar-refractivity contribution in [2.24, 2.45) is 5.92 Å². The molecule has 0 aliphatic heterocycles. The van der Waals surface area contributed by atoms with E-state index in [1.165, 1.54) is 11.8 Å². The van der Waals surface area contributed by atoms with E-state index in [9.17, 15) is 13.6 Å². The third kappa shape index (κ3) is 6.71. The van der Waals surface area contributed by atoms with Gasteiger partial charge in [-0.2, -0.15) is 0 Å². The molecule has 0 heterocycles. The van der Waals surface area contributed by atoms with E-state index in [1.54, 1.807) is 6.92 Å². The molecule has 90 valence electrons. The molecule has 0 saturated heterocycles. The summed E-state index contributed by atoms with van der Waals surface area (Å²) in [7, 11) is 0. The lowest BCUT2D eigenvalue weighted by molar-refractivity contribution is -0.143. The third-order valence-corrected chi connectivity index (χ3v) is 3.33. The van der Waals surface area contributed by atoms with Crippen LogP contribution < -0.4 is 0 Å². The van der Waals surface area contributed by atoms with Crippen LogP contribution in [0.2, 0.25) is 0 Å². The fourth-order valence-electron chi connectivity index (χ4n) is 1.04. The first-order chi connectivity index (χ1) is 6.99. The molecule has 0 aliphatic rings. The molecule has 0 aromatic heterocycles. The van der Waals surface area contributed by atoms with Gasteiger partial charge in [-0.25, -0.2) is 8.78 Å². The lowest BCUT2D eigenvalue weighted by Crippen LogP contribution is -2.26. The van der Waals surface area contributed by atoms with Crippen LogP contribution in [0.3, 0.4) is 0 Å². The number of carbonyl (C=O) groups is 1. The highest BCUT2D eigenvalue weighted by Gasteiger charge is 2.24. The molecule has 15 heavy (non-hydrogen) atoms. The maximum atomic E-state index is 11.9. The second-order valence-electron chi connectivity index (χ2n) is 3.47. The van der Waals surface area contributed by atoms with Crippen LogP contribution in [-0.2, 0) is 9.53 Å².